The predicted octanol–water partition coefficient (Wildman–Crippen LogP) is 3.05. The van der Waals surface area contributed by atoms with Crippen molar-refractivity contribution in [2.45, 2.75) is 50.6 Å². The second kappa shape index (κ2) is 6.16. The van der Waals surface area contributed by atoms with Crippen LogP contribution < -0.4 is 0 Å². The summed E-state index contributed by atoms with van der Waals surface area (Å²) in [6, 6.07) is 9.68. The number of hydrogen-bond acceptors (Lipinski definition) is 4. The standard InChI is InChI=1S/C17H22O4/c1-19-17(10-14-8-5-9-15(14)21-17)11-16(18)20-12-13-6-3-2-4-7-13/h2-4,6-7,14-15H,5,8-12H2,1H3/t14-,15+,17?/m1/s1. The van der Waals surface area contributed by atoms with Gasteiger partial charge in [-0.05, 0) is 24.3 Å². The lowest BCUT2D eigenvalue weighted by Gasteiger charge is -2.27. The van der Waals surface area contributed by atoms with Crippen molar-refractivity contribution in [1.82, 2.24) is 0 Å². The van der Waals surface area contributed by atoms with Crippen LogP contribution in [0.3, 0.4) is 0 Å². The molecule has 1 aromatic carbocycles. The SMILES string of the molecule is COC1(CC(=O)OCc2ccccc2)C[C@H]2CCC[C@@H]2O1. The average Bonchev–Trinajstić information content (AvgIpc) is 3.05. The summed E-state index contributed by atoms with van der Waals surface area (Å²) in [5.74, 6) is -0.503. The molecule has 0 amide bonds. The summed E-state index contributed by atoms with van der Waals surface area (Å²) in [4.78, 5) is 12.1. The van der Waals surface area contributed by atoms with Gasteiger partial charge in [-0.25, -0.2) is 0 Å². The van der Waals surface area contributed by atoms with E-state index in [4.69, 9.17) is 14.2 Å². The molecule has 0 bridgehead atoms. The number of esters is 1. The number of carbonyl (C=O) groups excluding carboxylic acids is 1. The molecule has 3 atom stereocenters. The topological polar surface area (TPSA) is 44.8 Å². The van der Waals surface area contributed by atoms with Crippen LogP contribution in [0.1, 0.15) is 37.7 Å². The third-order valence-corrected chi connectivity index (χ3v) is 4.56. The number of ether oxygens (including phenoxy) is 3. The van der Waals surface area contributed by atoms with Gasteiger partial charge in [0.1, 0.15) is 6.61 Å². The van der Waals surface area contributed by atoms with Crippen LogP contribution in [0.15, 0.2) is 30.3 Å². The largest absolute Gasteiger partial charge is 0.461 e. The molecule has 1 saturated heterocycles. The molecule has 4 heteroatoms. The fourth-order valence-electron chi connectivity index (χ4n) is 3.44. The summed E-state index contributed by atoms with van der Waals surface area (Å²) in [5.41, 5.74) is 0.988. The highest BCUT2D eigenvalue weighted by molar-refractivity contribution is 5.70. The zero-order chi connectivity index (χ0) is 14.7. The normalized spacial score (nSPS) is 31.1. The fourth-order valence-corrected chi connectivity index (χ4v) is 3.44. The van der Waals surface area contributed by atoms with Gasteiger partial charge in [-0.15, -0.1) is 0 Å². The van der Waals surface area contributed by atoms with E-state index in [-0.39, 0.29) is 18.5 Å². The van der Waals surface area contributed by atoms with Crippen molar-refractivity contribution < 1.29 is 19.0 Å². The minimum absolute atomic E-state index is 0.170. The first kappa shape index (κ1) is 14.5. The monoisotopic (exact) mass is 290 g/mol. The lowest BCUT2D eigenvalue weighted by molar-refractivity contribution is -0.221. The predicted molar refractivity (Wildman–Crippen MR) is 77.4 cm³/mol. The molecule has 2 fully saturated rings. The van der Waals surface area contributed by atoms with Gasteiger partial charge in [-0.1, -0.05) is 36.8 Å². The Kier molecular flexibility index (Phi) is 4.27. The molecular formula is C17H22O4. The average molecular weight is 290 g/mol. The Bertz CT molecular complexity index is 473. The van der Waals surface area contributed by atoms with Gasteiger partial charge >= 0.3 is 5.97 Å². The second-order valence-electron chi connectivity index (χ2n) is 5.99. The zero-order valence-electron chi connectivity index (χ0n) is 12.4. The Morgan fingerprint density at radius 1 is 1.33 bits per heavy atom. The summed E-state index contributed by atoms with van der Waals surface area (Å²) < 4.78 is 16.9. The molecule has 1 aliphatic heterocycles. The Labute approximate surface area is 125 Å². The number of fused-ring (bicyclic) bond motifs is 1. The van der Waals surface area contributed by atoms with Crippen LogP contribution >= 0.6 is 0 Å². The van der Waals surface area contributed by atoms with Gasteiger partial charge in [0.2, 0.25) is 0 Å². The summed E-state index contributed by atoms with van der Waals surface area (Å²) in [5, 5.41) is 0. The van der Waals surface area contributed by atoms with E-state index < -0.39 is 5.79 Å². The third kappa shape index (κ3) is 3.27. The maximum Gasteiger partial charge on any atom is 0.311 e. The first-order valence-electron chi connectivity index (χ1n) is 7.63. The molecule has 0 aromatic heterocycles. The highest BCUT2D eigenvalue weighted by Gasteiger charge is 2.49. The quantitative estimate of drug-likeness (QED) is 0.782. The van der Waals surface area contributed by atoms with Crippen molar-refractivity contribution in [3.8, 4) is 0 Å². The smallest absolute Gasteiger partial charge is 0.311 e. The van der Waals surface area contributed by atoms with Crippen molar-refractivity contribution in [2.75, 3.05) is 7.11 Å². The van der Waals surface area contributed by atoms with Crippen LogP contribution in [0.4, 0.5) is 0 Å². The van der Waals surface area contributed by atoms with Gasteiger partial charge in [0.25, 0.3) is 0 Å². The van der Waals surface area contributed by atoms with Crippen molar-refractivity contribution in [3.63, 3.8) is 0 Å². The highest BCUT2D eigenvalue weighted by Crippen LogP contribution is 2.46. The van der Waals surface area contributed by atoms with E-state index in [0.717, 1.165) is 18.4 Å². The van der Waals surface area contributed by atoms with Crippen molar-refractivity contribution >= 4 is 5.97 Å². The number of hydrogen-bond donors (Lipinski definition) is 0. The molecule has 2 aliphatic rings. The molecule has 1 heterocycles. The summed E-state index contributed by atoms with van der Waals surface area (Å²) in [6.07, 6.45) is 4.70. The molecule has 1 saturated carbocycles. The van der Waals surface area contributed by atoms with E-state index in [2.05, 4.69) is 0 Å². The first-order chi connectivity index (χ1) is 10.2. The van der Waals surface area contributed by atoms with Crippen LogP contribution in [0.25, 0.3) is 0 Å². The van der Waals surface area contributed by atoms with E-state index in [0.29, 0.717) is 12.5 Å². The molecule has 0 N–H and O–H groups in total. The van der Waals surface area contributed by atoms with Crippen LogP contribution in [0.5, 0.6) is 0 Å². The Balaban J connectivity index is 1.53. The maximum absolute atomic E-state index is 12.1. The Hall–Kier alpha value is -1.39. The minimum Gasteiger partial charge on any atom is -0.461 e. The number of benzene rings is 1. The number of carbonyl (C=O) groups is 1. The molecule has 21 heavy (non-hydrogen) atoms. The molecule has 0 radical (unpaired) electrons. The van der Waals surface area contributed by atoms with E-state index in [1.807, 2.05) is 30.3 Å². The molecule has 0 spiro atoms. The minimum atomic E-state index is -0.774. The summed E-state index contributed by atoms with van der Waals surface area (Å²) in [6.45, 7) is 0.298. The van der Waals surface area contributed by atoms with E-state index in [9.17, 15) is 4.79 Å². The van der Waals surface area contributed by atoms with Crippen LogP contribution in [0, 0.1) is 5.92 Å². The van der Waals surface area contributed by atoms with Gasteiger partial charge in [0.15, 0.2) is 5.79 Å². The second-order valence-corrected chi connectivity index (χ2v) is 5.99. The molecule has 3 rings (SSSR count). The lowest BCUT2D eigenvalue weighted by Crippen LogP contribution is -2.35. The van der Waals surface area contributed by atoms with Crippen LogP contribution in [-0.2, 0) is 25.6 Å². The number of rotatable bonds is 5. The maximum atomic E-state index is 12.1. The lowest BCUT2D eigenvalue weighted by atomic mass is 9.98. The van der Waals surface area contributed by atoms with Gasteiger partial charge in [0, 0.05) is 13.5 Å². The van der Waals surface area contributed by atoms with Gasteiger partial charge < -0.3 is 14.2 Å². The van der Waals surface area contributed by atoms with E-state index >= 15 is 0 Å². The van der Waals surface area contributed by atoms with Gasteiger partial charge in [-0.2, -0.15) is 0 Å². The summed E-state index contributed by atoms with van der Waals surface area (Å²) in [7, 11) is 1.62. The molecule has 1 unspecified atom stereocenters. The van der Waals surface area contributed by atoms with Crippen molar-refractivity contribution in [1.29, 1.82) is 0 Å². The van der Waals surface area contributed by atoms with E-state index in [1.165, 1.54) is 12.8 Å². The number of methoxy groups -OCH3 is 1. The van der Waals surface area contributed by atoms with Crippen LogP contribution in [-0.4, -0.2) is 25.0 Å². The van der Waals surface area contributed by atoms with Crippen molar-refractivity contribution in [3.05, 3.63) is 35.9 Å². The van der Waals surface area contributed by atoms with Crippen molar-refractivity contribution in [2.24, 2.45) is 5.92 Å². The molecule has 4 nitrogen and oxygen atoms in total. The first-order valence-corrected chi connectivity index (χ1v) is 7.63. The van der Waals surface area contributed by atoms with Gasteiger partial charge in [-0.3, -0.25) is 4.79 Å². The summed E-state index contributed by atoms with van der Waals surface area (Å²) >= 11 is 0. The highest BCUT2D eigenvalue weighted by atomic mass is 16.7. The Morgan fingerprint density at radius 2 is 2.14 bits per heavy atom. The fraction of sp³-hybridized carbons (Fsp3) is 0.588. The van der Waals surface area contributed by atoms with Crippen LogP contribution in [0.2, 0.25) is 0 Å². The molecule has 1 aliphatic carbocycles. The van der Waals surface area contributed by atoms with E-state index in [1.54, 1.807) is 7.11 Å². The van der Waals surface area contributed by atoms with Gasteiger partial charge in [0.05, 0.1) is 12.5 Å². The molecule has 1 aromatic rings. The molecular weight excluding hydrogens is 268 g/mol. The Morgan fingerprint density at radius 3 is 2.86 bits per heavy atom. The molecule has 114 valence electrons. The zero-order valence-corrected chi connectivity index (χ0v) is 12.4. The third-order valence-electron chi connectivity index (χ3n) is 4.56.